The number of amides is 2. The number of anilines is 1. The van der Waals surface area contributed by atoms with Gasteiger partial charge in [-0.3, -0.25) is 14.9 Å². The summed E-state index contributed by atoms with van der Waals surface area (Å²) in [5.74, 6) is -0.425. The van der Waals surface area contributed by atoms with Crippen LogP contribution in [0, 0.1) is 0 Å². The van der Waals surface area contributed by atoms with Crippen molar-refractivity contribution >= 4 is 46.4 Å². The summed E-state index contributed by atoms with van der Waals surface area (Å²) in [6, 6.07) is 13.6. The summed E-state index contributed by atoms with van der Waals surface area (Å²) in [5.41, 5.74) is 1.57. The van der Waals surface area contributed by atoms with Gasteiger partial charge < -0.3 is 15.0 Å². The molecule has 1 aliphatic rings. The smallest absolute Gasteiger partial charge is 0.257 e. The number of carbonyl (C=O) groups excluding carboxylic acids is 2. The van der Waals surface area contributed by atoms with Crippen molar-refractivity contribution in [3.05, 3.63) is 64.7 Å². The monoisotopic (exact) mass is 403 g/mol. The van der Waals surface area contributed by atoms with Crippen LogP contribution in [0.2, 0.25) is 5.02 Å². The molecule has 140 valence electrons. The van der Waals surface area contributed by atoms with E-state index < -0.39 is 0 Å². The Morgan fingerprint density at radius 1 is 1.04 bits per heavy atom. The highest BCUT2D eigenvalue weighted by molar-refractivity contribution is 7.80. The predicted molar refractivity (Wildman–Crippen MR) is 108 cm³/mol. The minimum absolute atomic E-state index is 0.0594. The van der Waals surface area contributed by atoms with Gasteiger partial charge in [-0.1, -0.05) is 23.7 Å². The van der Waals surface area contributed by atoms with E-state index in [-0.39, 0.29) is 16.9 Å². The summed E-state index contributed by atoms with van der Waals surface area (Å²) < 4.78 is 5.27. The fourth-order valence-electron chi connectivity index (χ4n) is 2.65. The molecule has 0 radical (unpaired) electrons. The van der Waals surface area contributed by atoms with Crippen molar-refractivity contribution < 1.29 is 14.3 Å². The standard InChI is InChI=1S/C19H18ClN3O3S/c20-15-5-1-3-13(11-15)17(24)22-19(27)21-16-6-2-4-14(12-16)18(25)23-7-9-26-10-8-23/h1-6,11-12H,7-10H2,(H2,21,22,24,27). The second-order valence-electron chi connectivity index (χ2n) is 5.90. The molecule has 0 saturated carbocycles. The zero-order valence-corrected chi connectivity index (χ0v) is 16.0. The van der Waals surface area contributed by atoms with Gasteiger partial charge in [0.15, 0.2) is 5.11 Å². The van der Waals surface area contributed by atoms with E-state index in [4.69, 9.17) is 28.6 Å². The van der Waals surface area contributed by atoms with Gasteiger partial charge in [-0.25, -0.2) is 0 Å². The molecular formula is C19H18ClN3O3S. The topological polar surface area (TPSA) is 70.7 Å². The average molecular weight is 404 g/mol. The number of hydrogen-bond donors (Lipinski definition) is 2. The molecule has 0 bridgehead atoms. The number of ether oxygens (including phenoxy) is 1. The van der Waals surface area contributed by atoms with Gasteiger partial charge in [0.1, 0.15) is 0 Å². The number of halogens is 1. The first kappa shape index (κ1) is 19.3. The molecule has 0 unspecified atom stereocenters. The molecule has 1 heterocycles. The van der Waals surface area contributed by atoms with Crippen LogP contribution in [0.25, 0.3) is 0 Å². The molecule has 2 N–H and O–H groups in total. The van der Waals surface area contributed by atoms with Crippen LogP contribution < -0.4 is 10.6 Å². The summed E-state index contributed by atoms with van der Waals surface area (Å²) in [6.07, 6.45) is 0. The third kappa shape index (κ3) is 5.26. The van der Waals surface area contributed by atoms with Gasteiger partial charge in [0.2, 0.25) is 0 Å². The number of thiocarbonyl (C=S) groups is 1. The Bertz CT molecular complexity index is 869. The lowest BCUT2D eigenvalue weighted by atomic mass is 10.1. The summed E-state index contributed by atoms with van der Waals surface area (Å²) >= 11 is 11.1. The molecule has 3 rings (SSSR count). The number of morpholine rings is 1. The number of nitrogens with zero attached hydrogens (tertiary/aromatic N) is 1. The van der Waals surface area contributed by atoms with Crippen molar-refractivity contribution in [1.29, 1.82) is 0 Å². The first-order chi connectivity index (χ1) is 13.0. The number of hydrogen-bond acceptors (Lipinski definition) is 4. The van der Waals surface area contributed by atoms with Gasteiger partial charge >= 0.3 is 0 Å². The maximum Gasteiger partial charge on any atom is 0.257 e. The van der Waals surface area contributed by atoms with E-state index in [2.05, 4.69) is 10.6 Å². The zero-order valence-electron chi connectivity index (χ0n) is 14.4. The number of nitrogens with one attached hydrogen (secondary N) is 2. The highest BCUT2D eigenvalue weighted by atomic mass is 35.5. The van der Waals surface area contributed by atoms with Crippen molar-refractivity contribution in [2.24, 2.45) is 0 Å². The van der Waals surface area contributed by atoms with E-state index in [1.54, 1.807) is 53.4 Å². The van der Waals surface area contributed by atoms with Crippen molar-refractivity contribution in [3.8, 4) is 0 Å². The van der Waals surface area contributed by atoms with Crippen LogP contribution in [0.1, 0.15) is 20.7 Å². The molecule has 1 saturated heterocycles. The molecule has 0 spiro atoms. The third-order valence-corrected chi connectivity index (χ3v) is 4.42. The summed E-state index contributed by atoms with van der Waals surface area (Å²) in [7, 11) is 0. The van der Waals surface area contributed by atoms with Gasteiger partial charge in [0.25, 0.3) is 11.8 Å². The lowest BCUT2D eigenvalue weighted by molar-refractivity contribution is 0.0303. The predicted octanol–water partition coefficient (Wildman–Crippen LogP) is 2.94. The maximum atomic E-state index is 12.6. The summed E-state index contributed by atoms with van der Waals surface area (Å²) in [5, 5.41) is 6.12. The Labute approximate surface area is 167 Å². The van der Waals surface area contributed by atoms with Crippen molar-refractivity contribution in [2.45, 2.75) is 0 Å². The molecule has 8 heteroatoms. The van der Waals surface area contributed by atoms with Crippen molar-refractivity contribution in [2.75, 3.05) is 31.6 Å². The van der Waals surface area contributed by atoms with Crippen LogP contribution >= 0.6 is 23.8 Å². The molecular weight excluding hydrogens is 386 g/mol. The molecule has 0 atom stereocenters. The quantitative estimate of drug-likeness (QED) is 0.771. The molecule has 0 aromatic heterocycles. The van der Waals surface area contributed by atoms with Gasteiger partial charge in [0.05, 0.1) is 13.2 Å². The van der Waals surface area contributed by atoms with Crippen LogP contribution in [-0.4, -0.2) is 48.1 Å². The molecule has 1 fully saturated rings. The lowest BCUT2D eigenvalue weighted by Gasteiger charge is -2.27. The van der Waals surface area contributed by atoms with Gasteiger partial charge in [-0.05, 0) is 48.6 Å². The van der Waals surface area contributed by atoms with E-state index in [1.165, 1.54) is 0 Å². The van der Waals surface area contributed by atoms with E-state index in [1.807, 2.05) is 0 Å². The SMILES string of the molecule is O=C(NC(=S)Nc1cccc(C(=O)N2CCOCC2)c1)c1cccc(Cl)c1. The second kappa shape index (κ2) is 8.94. The fraction of sp³-hybridized carbons (Fsp3) is 0.211. The number of rotatable bonds is 3. The normalized spacial score (nSPS) is 13.7. The first-order valence-electron chi connectivity index (χ1n) is 8.38. The number of carbonyl (C=O) groups is 2. The maximum absolute atomic E-state index is 12.6. The van der Waals surface area contributed by atoms with Crippen LogP contribution in [0.4, 0.5) is 5.69 Å². The first-order valence-corrected chi connectivity index (χ1v) is 9.16. The summed E-state index contributed by atoms with van der Waals surface area (Å²) in [4.78, 5) is 26.5. The minimum Gasteiger partial charge on any atom is -0.378 e. The zero-order chi connectivity index (χ0) is 19.2. The number of benzene rings is 2. The van der Waals surface area contributed by atoms with Crippen molar-refractivity contribution in [1.82, 2.24) is 10.2 Å². The molecule has 0 aliphatic carbocycles. The highest BCUT2D eigenvalue weighted by Gasteiger charge is 2.18. The second-order valence-corrected chi connectivity index (χ2v) is 6.75. The largest absolute Gasteiger partial charge is 0.378 e. The van der Waals surface area contributed by atoms with Crippen LogP contribution in [-0.2, 0) is 4.74 Å². The lowest BCUT2D eigenvalue weighted by Crippen LogP contribution is -2.40. The third-order valence-electron chi connectivity index (χ3n) is 3.98. The molecule has 6 nitrogen and oxygen atoms in total. The van der Waals surface area contributed by atoms with Crippen LogP contribution in [0.3, 0.4) is 0 Å². The van der Waals surface area contributed by atoms with E-state index in [9.17, 15) is 9.59 Å². The van der Waals surface area contributed by atoms with E-state index in [0.717, 1.165) is 0 Å². The van der Waals surface area contributed by atoms with E-state index in [0.29, 0.717) is 48.1 Å². The molecule has 27 heavy (non-hydrogen) atoms. The van der Waals surface area contributed by atoms with Crippen LogP contribution in [0.15, 0.2) is 48.5 Å². The molecule has 2 aromatic carbocycles. The Hall–Kier alpha value is -2.48. The van der Waals surface area contributed by atoms with E-state index >= 15 is 0 Å². The Kier molecular flexibility index (Phi) is 6.39. The Morgan fingerprint density at radius 2 is 1.74 bits per heavy atom. The Morgan fingerprint density at radius 3 is 2.48 bits per heavy atom. The molecule has 2 amide bonds. The highest BCUT2D eigenvalue weighted by Crippen LogP contribution is 2.14. The minimum atomic E-state index is -0.365. The van der Waals surface area contributed by atoms with Crippen LogP contribution in [0.5, 0.6) is 0 Å². The Balaban J connectivity index is 1.62. The van der Waals surface area contributed by atoms with Gasteiger partial charge in [0, 0.05) is 34.9 Å². The van der Waals surface area contributed by atoms with Gasteiger partial charge in [-0.2, -0.15) is 0 Å². The van der Waals surface area contributed by atoms with Crippen molar-refractivity contribution in [3.63, 3.8) is 0 Å². The molecule has 1 aliphatic heterocycles. The molecule has 2 aromatic rings. The average Bonchev–Trinajstić information content (AvgIpc) is 2.68. The fourth-order valence-corrected chi connectivity index (χ4v) is 3.05. The van der Waals surface area contributed by atoms with Gasteiger partial charge in [-0.15, -0.1) is 0 Å². The summed E-state index contributed by atoms with van der Waals surface area (Å²) in [6.45, 7) is 2.24.